The van der Waals surface area contributed by atoms with Gasteiger partial charge in [0.25, 0.3) is 0 Å². The maximum atomic E-state index is 12.3. The van der Waals surface area contributed by atoms with Crippen LogP contribution < -0.4 is 9.47 Å². The molecule has 1 unspecified atom stereocenters. The molecular weight excluding hydrogens is 268 g/mol. The van der Waals surface area contributed by atoms with Crippen molar-refractivity contribution in [3.63, 3.8) is 0 Å². The van der Waals surface area contributed by atoms with E-state index in [1.54, 1.807) is 25.1 Å². The summed E-state index contributed by atoms with van der Waals surface area (Å²) < 4.78 is 27.4. The second-order valence-electron chi connectivity index (χ2n) is 3.60. The Bertz CT molecular complexity index is 436. The number of hydrogen-bond acceptors (Lipinski definition) is 5. The van der Waals surface area contributed by atoms with Gasteiger partial charge < -0.3 is 14.2 Å². The summed E-state index contributed by atoms with van der Waals surface area (Å²) in [6.45, 7) is 2.06. The molecule has 19 heavy (non-hydrogen) atoms. The van der Waals surface area contributed by atoms with Crippen LogP contribution >= 0.6 is 0 Å². The third-order valence-corrected chi connectivity index (χ3v) is 3.84. The van der Waals surface area contributed by atoms with E-state index in [2.05, 4.69) is 0 Å². The van der Waals surface area contributed by atoms with E-state index in [4.69, 9.17) is 14.2 Å². The molecule has 0 aliphatic carbocycles. The molecule has 106 valence electrons. The van der Waals surface area contributed by atoms with Crippen molar-refractivity contribution >= 4 is 16.8 Å². The number of carbonyl (C=O) groups is 1. The highest BCUT2D eigenvalue weighted by Crippen LogP contribution is 2.31. The maximum absolute atomic E-state index is 12.3. The smallest absolute Gasteiger partial charge is 0.306 e. The van der Waals surface area contributed by atoms with E-state index in [-0.39, 0.29) is 18.1 Å². The number of ether oxygens (including phenoxy) is 3. The number of methoxy groups -OCH3 is 2. The summed E-state index contributed by atoms with van der Waals surface area (Å²) in [4.78, 5) is 11.7. The molecule has 1 rings (SSSR count). The van der Waals surface area contributed by atoms with Crippen molar-refractivity contribution in [3.8, 4) is 11.5 Å². The maximum Gasteiger partial charge on any atom is 0.306 e. The Morgan fingerprint density at radius 1 is 1.21 bits per heavy atom. The Balaban J connectivity index is 2.83. The standard InChI is InChI=1S/C13H18O5S/c1-4-18-12(14)8-9-19(15)13-10(16-2)6-5-7-11(13)17-3/h5-7H,4,8-9H2,1-3H3. The largest absolute Gasteiger partial charge is 0.495 e. The molecule has 0 fully saturated rings. The zero-order valence-electron chi connectivity index (χ0n) is 11.3. The minimum absolute atomic E-state index is 0.0989. The van der Waals surface area contributed by atoms with Gasteiger partial charge in [0.1, 0.15) is 16.4 Å². The first-order valence-electron chi connectivity index (χ1n) is 5.89. The van der Waals surface area contributed by atoms with E-state index in [1.165, 1.54) is 14.2 Å². The van der Waals surface area contributed by atoms with Gasteiger partial charge >= 0.3 is 5.97 Å². The summed E-state index contributed by atoms with van der Waals surface area (Å²) in [5.74, 6) is 0.794. The predicted molar refractivity (Wildman–Crippen MR) is 72.1 cm³/mol. The second kappa shape index (κ2) is 7.78. The van der Waals surface area contributed by atoms with Crippen molar-refractivity contribution in [3.05, 3.63) is 18.2 Å². The molecule has 0 saturated carbocycles. The summed E-state index contributed by atoms with van der Waals surface area (Å²) in [7, 11) is 1.62. The number of esters is 1. The number of benzene rings is 1. The van der Waals surface area contributed by atoms with E-state index in [1.807, 2.05) is 0 Å². The molecule has 5 nitrogen and oxygen atoms in total. The van der Waals surface area contributed by atoms with Crippen molar-refractivity contribution in [2.24, 2.45) is 0 Å². The molecular formula is C13H18O5S. The lowest BCUT2D eigenvalue weighted by Crippen LogP contribution is -2.10. The zero-order chi connectivity index (χ0) is 14.3. The van der Waals surface area contributed by atoms with E-state index in [0.29, 0.717) is 23.0 Å². The number of carbonyl (C=O) groups excluding carboxylic acids is 1. The highest BCUT2D eigenvalue weighted by molar-refractivity contribution is 7.85. The third-order valence-electron chi connectivity index (χ3n) is 2.41. The van der Waals surface area contributed by atoms with E-state index in [0.717, 1.165) is 0 Å². The minimum Gasteiger partial charge on any atom is -0.495 e. The molecule has 0 aliphatic rings. The van der Waals surface area contributed by atoms with Crippen molar-refractivity contribution in [1.82, 2.24) is 0 Å². The molecule has 1 atom stereocenters. The molecule has 0 saturated heterocycles. The van der Waals surface area contributed by atoms with Crippen LogP contribution in [-0.2, 0) is 20.3 Å². The molecule has 1 aromatic rings. The van der Waals surface area contributed by atoms with Gasteiger partial charge in [0, 0.05) is 5.75 Å². The number of rotatable bonds is 7. The van der Waals surface area contributed by atoms with Gasteiger partial charge in [0.05, 0.1) is 38.0 Å². The second-order valence-corrected chi connectivity index (χ2v) is 5.10. The molecule has 1 aromatic carbocycles. The Morgan fingerprint density at radius 2 is 1.79 bits per heavy atom. The molecule has 6 heteroatoms. The summed E-state index contributed by atoms with van der Waals surface area (Å²) in [6, 6.07) is 5.17. The minimum atomic E-state index is -1.38. The third kappa shape index (κ3) is 4.24. The predicted octanol–water partition coefficient (Wildman–Crippen LogP) is 1.76. The van der Waals surface area contributed by atoms with Gasteiger partial charge in [-0.2, -0.15) is 0 Å². The summed E-state index contributed by atoms with van der Waals surface area (Å²) in [5, 5.41) is 0. The normalized spacial score (nSPS) is 11.7. The Hall–Kier alpha value is -1.56. The fourth-order valence-corrected chi connectivity index (χ4v) is 2.86. The van der Waals surface area contributed by atoms with Crippen LogP contribution in [0.25, 0.3) is 0 Å². The highest BCUT2D eigenvalue weighted by atomic mass is 32.2. The van der Waals surface area contributed by atoms with Crippen molar-refractivity contribution < 1.29 is 23.2 Å². The van der Waals surface area contributed by atoms with Crippen molar-refractivity contribution in [2.75, 3.05) is 26.6 Å². The van der Waals surface area contributed by atoms with Gasteiger partial charge in [-0.25, -0.2) is 0 Å². The number of hydrogen-bond donors (Lipinski definition) is 0. The van der Waals surface area contributed by atoms with Crippen LogP contribution in [0.4, 0.5) is 0 Å². The Kier molecular flexibility index (Phi) is 6.35. The highest BCUT2D eigenvalue weighted by Gasteiger charge is 2.17. The van der Waals surface area contributed by atoms with Crippen LogP contribution in [0, 0.1) is 0 Å². The monoisotopic (exact) mass is 286 g/mol. The SMILES string of the molecule is CCOC(=O)CCS(=O)c1c(OC)cccc1OC. The van der Waals surface area contributed by atoms with Crippen molar-refractivity contribution in [2.45, 2.75) is 18.2 Å². The molecule has 0 aliphatic heterocycles. The first-order chi connectivity index (χ1) is 9.13. The molecule has 0 amide bonds. The van der Waals surface area contributed by atoms with Gasteiger partial charge in [-0.15, -0.1) is 0 Å². The van der Waals surface area contributed by atoms with Crippen LogP contribution in [0.1, 0.15) is 13.3 Å². The van der Waals surface area contributed by atoms with Crippen LogP contribution in [0.5, 0.6) is 11.5 Å². The van der Waals surface area contributed by atoms with Crippen LogP contribution in [0.15, 0.2) is 23.1 Å². The van der Waals surface area contributed by atoms with Gasteiger partial charge in [-0.3, -0.25) is 9.00 Å². The Morgan fingerprint density at radius 3 is 2.26 bits per heavy atom. The fourth-order valence-electron chi connectivity index (χ4n) is 1.55. The molecule has 0 bridgehead atoms. The average Bonchev–Trinajstić information content (AvgIpc) is 2.44. The van der Waals surface area contributed by atoms with E-state index < -0.39 is 10.8 Å². The average molecular weight is 286 g/mol. The van der Waals surface area contributed by atoms with Gasteiger partial charge in [-0.1, -0.05) is 6.07 Å². The van der Waals surface area contributed by atoms with E-state index in [9.17, 15) is 9.00 Å². The summed E-state index contributed by atoms with van der Waals surface area (Å²) in [6.07, 6.45) is 0.0989. The molecule has 0 N–H and O–H groups in total. The summed E-state index contributed by atoms with van der Waals surface area (Å²) >= 11 is 0. The molecule has 0 spiro atoms. The quantitative estimate of drug-likeness (QED) is 0.715. The van der Waals surface area contributed by atoms with Crippen LogP contribution in [-0.4, -0.2) is 36.8 Å². The van der Waals surface area contributed by atoms with Gasteiger partial charge in [0.2, 0.25) is 0 Å². The summed E-state index contributed by atoms with van der Waals surface area (Å²) in [5.41, 5.74) is 0. The lowest BCUT2D eigenvalue weighted by atomic mass is 10.3. The molecule has 0 aromatic heterocycles. The zero-order valence-corrected chi connectivity index (χ0v) is 12.1. The Labute approximate surface area is 115 Å². The van der Waals surface area contributed by atoms with Gasteiger partial charge in [-0.05, 0) is 19.1 Å². The van der Waals surface area contributed by atoms with Crippen LogP contribution in [0.2, 0.25) is 0 Å². The molecule has 0 radical (unpaired) electrons. The first-order valence-corrected chi connectivity index (χ1v) is 7.20. The van der Waals surface area contributed by atoms with E-state index >= 15 is 0 Å². The van der Waals surface area contributed by atoms with Crippen LogP contribution in [0.3, 0.4) is 0 Å². The first kappa shape index (κ1) is 15.5. The lowest BCUT2D eigenvalue weighted by molar-refractivity contribution is -0.142. The topological polar surface area (TPSA) is 61.8 Å². The molecule has 0 heterocycles. The van der Waals surface area contributed by atoms with Gasteiger partial charge in [0.15, 0.2) is 0 Å². The van der Waals surface area contributed by atoms with Crippen molar-refractivity contribution in [1.29, 1.82) is 0 Å². The fraction of sp³-hybridized carbons (Fsp3) is 0.462. The lowest BCUT2D eigenvalue weighted by Gasteiger charge is -2.12.